The molecule has 0 atom stereocenters. The van der Waals surface area contributed by atoms with Gasteiger partial charge < -0.3 is 4.52 Å². The Bertz CT molecular complexity index is 251. The monoisotopic (exact) mass is 120 g/mol. The van der Waals surface area contributed by atoms with E-state index in [4.69, 9.17) is 4.52 Å². The smallest absolute Gasteiger partial charge is 0.256 e. The van der Waals surface area contributed by atoms with Crippen LogP contribution in [0.4, 0.5) is 0 Å². The highest BCUT2D eigenvalue weighted by Gasteiger charge is 2.02. The molecule has 0 unspecified atom stereocenters. The highest BCUT2D eigenvalue weighted by molar-refractivity contribution is 5.52. The lowest BCUT2D eigenvalue weighted by Crippen LogP contribution is -1.75. The molecule has 0 fully saturated rings. The normalized spacial score (nSPS) is 10.2. The summed E-state index contributed by atoms with van der Waals surface area (Å²) in [6.45, 7) is 0. The van der Waals surface area contributed by atoms with E-state index in [1.54, 1.807) is 12.4 Å². The van der Waals surface area contributed by atoms with E-state index in [-0.39, 0.29) is 0 Å². The summed E-state index contributed by atoms with van der Waals surface area (Å²) in [5.41, 5.74) is 0.991. The van der Waals surface area contributed by atoms with Crippen LogP contribution in [0.5, 0.6) is 0 Å². The van der Waals surface area contributed by atoms with Crippen LogP contribution >= 0.6 is 0 Å². The van der Waals surface area contributed by atoms with Gasteiger partial charge in [-0.1, -0.05) is 5.16 Å². The van der Waals surface area contributed by atoms with Crippen molar-refractivity contribution in [3.05, 3.63) is 24.5 Å². The largest absolute Gasteiger partial charge is 0.336 e. The first-order chi connectivity index (χ1) is 4.47. The van der Waals surface area contributed by atoms with Gasteiger partial charge in [-0.05, 0) is 12.1 Å². The highest BCUT2D eigenvalue weighted by atomic mass is 16.5. The van der Waals surface area contributed by atoms with Gasteiger partial charge >= 0.3 is 0 Å². The number of aromatic nitrogens is 2. The summed E-state index contributed by atoms with van der Waals surface area (Å²) in [6, 6.07) is 3.73. The van der Waals surface area contributed by atoms with Crippen LogP contribution < -0.4 is 0 Å². The molecule has 2 rings (SSSR count). The summed E-state index contributed by atoms with van der Waals surface area (Å²) < 4.78 is 4.79. The van der Waals surface area contributed by atoms with E-state index in [0.717, 1.165) is 5.56 Å². The molecule has 0 amide bonds. The third-order valence-corrected chi connectivity index (χ3v) is 1.15. The van der Waals surface area contributed by atoms with Crippen LogP contribution in [0.15, 0.2) is 29.0 Å². The predicted molar refractivity (Wildman–Crippen MR) is 30.9 cm³/mol. The van der Waals surface area contributed by atoms with Crippen molar-refractivity contribution in [3.8, 4) is 11.5 Å². The first kappa shape index (κ1) is 4.49. The van der Waals surface area contributed by atoms with Crippen molar-refractivity contribution in [2.75, 3.05) is 0 Å². The van der Waals surface area contributed by atoms with Crippen LogP contribution in [-0.4, -0.2) is 10.1 Å². The maximum Gasteiger partial charge on any atom is 0.256 e. The van der Waals surface area contributed by atoms with E-state index in [9.17, 15) is 0 Å². The van der Waals surface area contributed by atoms with Gasteiger partial charge in [0.25, 0.3) is 5.89 Å². The fourth-order valence-corrected chi connectivity index (χ4v) is 0.725. The van der Waals surface area contributed by atoms with Crippen molar-refractivity contribution in [2.45, 2.75) is 0 Å². The van der Waals surface area contributed by atoms with E-state index in [1.807, 2.05) is 12.1 Å². The van der Waals surface area contributed by atoms with Crippen LogP contribution in [0.25, 0.3) is 11.5 Å². The summed E-state index contributed by atoms with van der Waals surface area (Å²) in [5.74, 6) is 0.595. The van der Waals surface area contributed by atoms with Crippen molar-refractivity contribution in [1.29, 1.82) is 0 Å². The Labute approximate surface area is 51.7 Å². The second kappa shape index (κ2) is 1.55. The topological polar surface area (TPSA) is 38.9 Å². The molecule has 3 nitrogen and oxygen atoms in total. The summed E-state index contributed by atoms with van der Waals surface area (Å²) in [6.07, 6.45) is 3.29. The number of hydrogen-bond donors (Lipinski definition) is 0. The van der Waals surface area contributed by atoms with Gasteiger partial charge in [-0.3, -0.25) is 0 Å². The van der Waals surface area contributed by atoms with Gasteiger partial charge in [0.1, 0.15) is 0 Å². The molecule has 0 radical (unpaired) electrons. The molecule has 0 spiro atoms. The molecule has 3 heteroatoms. The molecule has 0 N–H and O–H groups in total. The molecular formula is C6H4N2O. The average Bonchev–Trinajstić information content (AvgIpc) is 2.33. The minimum atomic E-state index is 0.595. The molecule has 0 saturated carbocycles. The maximum absolute atomic E-state index is 4.79. The van der Waals surface area contributed by atoms with E-state index in [0.29, 0.717) is 5.89 Å². The summed E-state index contributed by atoms with van der Waals surface area (Å²) >= 11 is 0. The molecule has 9 heavy (non-hydrogen) atoms. The van der Waals surface area contributed by atoms with Gasteiger partial charge in [0, 0.05) is 11.8 Å². The second-order valence-corrected chi connectivity index (χ2v) is 1.72. The van der Waals surface area contributed by atoms with E-state index in [2.05, 4.69) is 10.1 Å². The fraction of sp³-hybridized carbons (Fsp3) is 0. The van der Waals surface area contributed by atoms with Crippen LogP contribution in [0, 0.1) is 0 Å². The zero-order valence-corrected chi connectivity index (χ0v) is 4.61. The van der Waals surface area contributed by atoms with Gasteiger partial charge in [0.05, 0.1) is 6.20 Å². The van der Waals surface area contributed by atoms with Crippen LogP contribution in [0.1, 0.15) is 0 Å². The molecule has 0 aromatic heterocycles. The second-order valence-electron chi connectivity index (χ2n) is 1.72. The zero-order chi connectivity index (χ0) is 6.10. The van der Waals surface area contributed by atoms with Gasteiger partial charge in [-0.2, -0.15) is 0 Å². The fourth-order valence-electron chi connectivity index (χ4n) is 0.725. The van der Waals surface area contributed by atoms with E-state index < -0.39 is 0 Å². The van der Waals surface area contributed by atoms with E-state index >= 15 is 0 Å². The lowest BCUT2D eigenvalue weighted by atomic mass is 10.3. The van der Waals surface area contributed by atoms with Crippen molar-refractivity contribution in [1.82, 2.24) is 10.1 Å². The summed E-state index contributed by atoms with van der Waals surface area (Å²) in [7, 11) is 0. The number of fused-ring (bicyclic) bond motifs is 1. The molecule has 0 aromatic carbocycles. The average molecular weight is 120 g/mol. The van der Waals surface area contributed by atoms with Crippen molar-refractivity contribution in [2.24, 2.45) is 0 Å². The molecule has 0 saturated heterocycles. The predicted octanol–water partition coefficient (Wildman–Crippen LogP) is 1.17. The number of hydrogen-bond acceptors (Lipinski definition) is 3. The Morgan fingerprint density at radius 3 is 3.00 bits per heavy atom. The first-order valence-corrected chi connectivity index (χ1v) is 2.62. The SMILES string of the molecule is c1cc2ccnc-2on1. The third-order valence-electron chi connectivity index (χ3n) is 1.15. The van der Waals surface area contributed by atoms with Crippen LogP contribution in [0.2, 0.25) is 0 Å². The van der Waals surface area contributed by atoms with Crippen LogP contribution in [0.3, 0.4) is 0 Å². The summed E-state index contributed by atoms with van der Waals surface area (Å²) in [5, 5.41) is 3.55. The quantitative estimate of drug-likeness (QED) is 0.524. The van der Waals surface area contributed by atoms with Crippen LogP contribution in [-0.2, 0) is 0 Å². The lowest BCUT2D eigenvalue weighted by molar-refractivity contribution is 0.403. The minimum Gasteiger partial charge on any atom is -0.336 e. The molecule has 0 aliphatic carbocycles. The minimum absolute atomic E-state index is 0.595. The van der Waals surface area contributed by atoms with Crippen molar-refractivity contribution >= 4 is 0 Å². The van der Waals surface area contributed by atoms with Gasteiger partial charge in [0.2, 0.25) is 0 Å². The Morgan fingerprint density at radius 1 is 1.22 bits per heavy atom. The Balaban J connectivity index is 2.79. The molecule has 2 aliphatic rings. The molecule has 0 bridgehead atoms. The first-order valence-electron chi connectivity index (χ1n) is 2.62. The van der Waals surface area contributed by atoms with Gasteiger partial charge in [-0.15, -0.1) is 0 Å². The number of rotatable bonds is 0. The summed E-state index contributed by atoms with van der Waals surface area (Å²) in [4.78, 5) is 3.89. The Morgan fingerprint density at radius 2 is 2.11 bits per heavy atom. The highest BCUT2D eigenvalue weighted by Crippen LogP contribution is 2.15. The Kier molecular flexibility index (Phi) is 0.773. The van der Waals surface area contributed by atoms with Crippen molar-refractivity contribution in [3.63, 3.8) is 0 Å². The molecule has 0 aromatic rings. The molecule has 44 valence electrons. The van der Waals surface area contributed by atoms with E-state index in [1.165, 1.54) is 0 Å². The standard InChI is InChI=1S/C6H4N2O/c1-3-7-6-5(1)2-4-8-9-6/h1-4H. The number of nitrogens with zero attached hydrogens (tertiary/aromatic N) is 2. The Hall–Kier alpha value is -1.38. The third kappa shape index (κ3) is 0.579. The zero-order valence-electron chi connectivity index (χ0n) is 4.61. The molecule has 2 heterocycles. The molecular weight excluding hydrogens is 116 g/mol. The van der Waals surface area contributed by atoms with Crippen molar-refractivity contribution < 1.29 is 4.52 Å². The molecule has 2 aliphatic heterocycles. The van der Waals surface area contributed by atoms with Gasteiger partial charge in [0.15, 0.2) is 0 Å². The van der Waals surface area contributed by atoms with Gasteiger partial charge in [-0.25, -0.2) is 4.98 Å². The lowest BCUT2D eigenvalue weighted by Gasteiger charge is -1.87. The maximum atomic E-state index is 4.79.